The number of carbonyl (C=O) groups excluding carboxylic acids is 1. The first-order valence-electron chi connectivity index (χ1n) is 8.21. The predicted molar refractivity (Wildman–Crippen MR) is 90.7 cm³/mol. The summed E-state index contributed by atoms with van der Waals surface area (Å²) in [6.07, 6.45) is 0.158. The Morgan fingerprint density at radius 2 is 2.16 bits per heavy atom. The zero-order valence-electron chi connectivity index (χ0n) is 14.5. The predicted octanol–water partition coefficient (Wildman–Crippen LogP) is 1.33. The number of aromatic amines is 2. The lowest BCUT2D eigenvalue weighted by atomic mass is 9.66. The summed E-state index contributed by atoms with van der Waals surface area (Å²) in [6, 6.07) is 7.16. The summed E-state index contributed by atoms with van der Waals surface area (Å²) in [7, 11) is 1.55. The summed E-state index contributed by atoms with van der Waals surface area (Å²) >= 11 is 0. The van der Waals surface area contributed by atoms with Crippen molar-refractivity contribution < 1.29 is 19.4 Å². The standard InChI is InChI=1S/C18H22N2O5/c1-4-25-17(22)15-13(10-6-5-7-11(8-10)24-3)14-12(9-18(15,2)23)19-20-16(14)21/h5-8,13,15,23H,4,9H2,1-3H3,(H2,19,20,21). The molecule has 2 aromatic rings. The summed E-state index contributed by atoms with van der Waals surface area (Å²) in [5, 5.41) is 16.4. The third-order valence-corrected chi connectivity index (χ3v) is 4.74. The van der Waals surface area contributed by atoms with Gasteiger partial charge in [-0.3, -0.25) is 14.7 Å². The topological polar surface area (TPSA) is 104 Å². The van der Waals surface area contributed by atoms with E-state index in [-0.39, 0.29) is 18.6 Å². The van der Waals surface area contributed by atoms with Gasteiger partial charge in [-0.05, 0) is 31.5 Å². The summed E-state index contributed by atoms with van der Waals surface area (Å²) in [5.74, 6) is -1.45. The number of aromatic nitrogens is 2. The van der Waals surface area contributed by atoms with Crippen LogP contribution in [0.3, 0.4) is 0 Å². The van der Waals surface area contributed by atoms with E-state index in [4.69, 9.17) is 9.47 Å². The van der Waals surface area contributed by atoms with Gasteiger partial charge in [0.05, 0.1) is 25.2 Å². The minimum Gasteiger partial charge on any atom is -0.497 e. The van der Waals surface area contributed by atoms with E-state index in [9.17, 15) is 14.7 Å². The fraction of sp³-hybridized carbons (Fsp3) is 0.444. The highest BCUT2D eigenvalue weighted by atomic mass is 16.5. The molecule has 0 amide bonds. The molecule has 0 radical (unpaired) electrons. The van der Waals surface area contributed by atoms with Gasteiger partial charge >= 0.3 is 5.97 Å². The largest absolute Gasteiger partial charge is 0.497 e. The molecule has 7 heteroatoms. The number of carbonyl (C=O) groups is 1. The van der Waals surface area contributed by atoms with E-state index in [0.717, 1.165) is 0 Å². The number of hydrogen-bond acceptors (Lipinski definition) is 5. The van der Waals surface area contributed by atoms with Gasteiger partial charge in [0.2, 0.25) is 0 Å². The van der Waals surface area contributed by atoms with Crippen molar-refractivity contribution in [3.05, 3.63) is 51.4 Å². The number of fused-ring (bicyclic) bond motifs is 1. The number of nitrogens with one attached hydrogen (secondary N) is 2. The van der Waals surface area contributed by atoms with Gasteiger partial charge in [-0.2, -0.15) is 0 Å². The Labute approximate surface area is 145 Å². The van der Waals surface area contributed by atoms with Gasteiger partial charge in [-0.15, -0.1) is 0 Å². The highest BCUT2D eigenvalue weighted by Gasteiger charge is 2.51. The third kappa shape index (κ3) is 2.95. The van der Waals surface area contributed by atoms with Crippen molar-refractivity contribution in [2.45, 2.75) is 31.8 Å². The number of esters is 1. The van der Waals surface area contributed by atoms with Gasteiger partial charge in [0, 0.05) is 23.6 Å². The van der Waals surface area contributed by atoms with E-state index in [1.54, 1.807) is 39.2 Å². The average Bonchev–Trinajstić information content (AvgIpc) is 2.93. The van der Waals surface area contributed by atoms with Crippen molar-refractivity contribution in [3.63, 3.8) is 0 Å². The molecular weight excluding hydrogens is 324 g/mol. The Kier molecular flexibility index (Phi) is 4.43. The van der Waals surface area contributed by atoms with Crippen LogP contribution in [-0.4, -0.2) is 40.6 Å². The van der Waals surface area contributed by atoms with Crippen LogP contribution in [-0.2, 0) is 16.0 Å². The third-order valence-electron chi connectivity index (χ3n) is 4.74. The summed E-state index contributed by atoms with van der Waals surface area (Å²) in [6.45, 7) is 3.51. The van der Waals surface area contributed by atoms with E-state index in [2.05, 4.69) is 10.2 Å². The van der Waals surface area contributed by atoms with Crippen LogP contribution < -0.4 is 10.3 Å². The van der Waals surface area contributed by atoms with Gasteiger partial charge in [0.15, 0.2) is 0 Å². The molecule has 3 unspecified atom stereocenters. The van der Waals surface area contributed by atoms with Crippen LogP contribution in [0.15, 0.2) is 29.1 Å². The van der Waals surface area contributed by atoms with Crippen molar-refractivity contribution in [2.24, 2.45) is 5.92 Å². The maximum atomic E-state index is 12.7. The van der Waals surface area contributed by atoms with Gasteiger partial charge in [-0.1, -0.05) is 12.1 Å². The Morgan fingerprint density at radius 1 is 1.40 bits per heavy atom. The van der Waals surface area contributed by atoms with Crippen LogP contribution in [0.4, 0.5) is 0 Å². The zero-order chi connectivity index (χ0) is 18.2. The fourth-order valence-corrected chi connectivity index (χ4v) is 3.68. The molecule has 0 bridgehead atoms. The second-order valence-electron chi connectivity index (χ2n) is 6.49. The van der Waals surface area contributed by atoms with Crippen molar-refractivity contribution in [1.29, 1.82) is 0 Å². The Hall–Kier alpha value is -2.54. The van der Waals surface area contributed by atoms with E-state index in [1.807, 2.05) is 6.07 Å². The molecule has 3 atom stereocenters. The highest BCUT2D eigenvalue weighted by Crippen LogP contribution is 2.45. The maximum absolute atomic E-state index is 12.7. The van der Waals surface area contributed by atoms with Crippen molar-refractivity contribution in [1.82, 2.24) is 10.2 Å². The van der Waals surface area contributed by atoms with Crippen LogP contribution in [0.5, 0.6) is 5.75 Å². The average molecular weight is 346 g/mol. The molecule has 0 saturated carbocycles. The molecule has 25 heavy (non-hydrogen) atoms. The zero-order valence-corrected chi connectivity index (χ0v) is 14.5. The molecule has 7 nitrogen and oxygen atoms in total. The summed E-state index contributed by atoms with van der Waals surface area (Å²) in [4.78, 5) is 25.0. The molecule has 0 spiro atoms. The van der Waals surface area contributed by atoms with Gasteiger partial charge in [0.1, 0.15) is 5.75 Å². The molecule has 0 fully saturated rings. The smallest absolute Gasteiger partial charge is 0.312 e. The Bertz CT molecular complexity index is 836. The van der Waals surface area contributed by atoms with E-state index >= 15 is 0 Å². The molecule has 3 rings (SSSR count). The number of hydrogen-bond donors (Lipinski definition) is 3. The lowest BCUT2D eigenvalue weighted by molar-refractivity contribution is -0.159. The Morgan fingerprint density at radius 3 is 2.84 bits per heavy atom. The molecule has 134 valence electrons. The molecular formula is C18H22N2O5. The van der Waals surface area contributed by atoms with Crippen LogP contribution >= 0.6 is 0 Å². The minimum atomic E-state index is -1.36. The molecule has 1 aromatic heterocycles. The van der Waals surface area contributed by atoms with Crippen LogP contribution in [0.2, 0.25) is 0 Å². The number of benzene rings is 1. The first-order valence-corrected chi connectivity index (χ1v) is 8.21. The number of H-pyrrole nitrogens is 2. The number of ether oxygens (including phenoxy) is 2. The molecule has 3 N–H and O–H groups in total. The quantitative estimate of drug-likeness (QED) is 0.725. The van der Waals surface area contributed by atoms with Gasteiger partial charge in [0.25, 0.3) is 5.56 Å². The first kappa shape index (κ1) is 17.3. The summed E-state index contributed by atoms with van der Waals surface area (Å²) in [5.41, 5.74) is 0.107. The number of methoxy groups -OCH3 is 1. The minimum absolute atomic E-state index is 0.158. The lowest BCUT2D eigenvalue weighted by Crippen LogP contribution is -2.50. The van der Waals surface area contributed by atoms with Gasteiger partial charge in [-0.25, -0.2) is 0 Å². The number of aliphatic hydroxyl groups is 1. The van der Waals surface area contributed by atoms with E-state index in [1.165, 1.54) is 0 Å². The van der Waals surface area contributed by atoms with Crippen molar-refractivity contribution in [2.75, 3.05) is 13.7 Å². The van der Waals surface area contributed by atoms with Crippen LogP contribution in [0, 0.1) is 5.92 Å². The van der Waals surface area contributed by atoms with E-state index in [0.29, 0.717) is 22.6 Å². The highest BCUT2D eigenvalue weighted by molar-refractivity contribution is 5.77. The van der Waals surface area contributed by atoms with E-state index < -0.39 is 23.4 Å². The Balaban J connectivity index is 2.21. The van der Waals surface area contributed by atoms with Crippen molar-refractivity contribution in [3.8, 4) is 5.75 Å². The molecule has 1 heterocycles. The molecule has 1 aromatic carbocycles. The van der Waals surface area contributed by atoms with Crippen molar-refractivity contribution >= 4 is 5.97 Å². The van der Waals surface area contributed by atoms with Crippen LogP contribution in [0.1, 0.15) is 36.6 Å². The monoisotopic (exact) mass is 346 g/mol. The van der Waals surface area contributed by atoms with Gasteiger partial charge < -0.3 is 19.7 Å². The second kappa shape index (κ2) is 6.40. The summed E-state index contributed by atoms with van der Waals surface area (Å²) < 4.78 is 10.5. The molecule has 0 saturated heterocycles. The van der Waals surface area contributed by atoms with Crippen LogP contribution in [0.25, 0.3) is 0 Å². The lowest BCUT2D eigenvalue weighted by Gasteiger charge is -2.40. The SMILES string of the molecule is CCOC(=O)C1C(c2cccc(OC)c2)c2c([nH][nH]c2=O)CC1(C)O. The normalized spacial score (nSPS) is 25.3. The molecule has 1 aliphatic rings. The fourth-order valence-electron chi connectivity index (χ4n) is 3.68. The second-order valence-corrected chi connectivity index (χ2v) is 6.49. The maximum Gasteiger partial charge on any atom is 0.312 e. The first-order chi connectivity index (χ1) is 11.9. The molecule has 1 aliphatic carbocycles. The number of rotatable bonds is 4. The molecule has 0 aliphatic heterocycles.